The molecule has 3 nitrogen and oxygen atoms in total. The predicted molar refractivity (Wildman–Crippen MR) is 75.8 cm³/mol. The second-order valence-electron chi connectivity index (χ2n) is 4.41. The van der Waals surface area contributed by atoms with Crippen molar-refractivity contribution in [1.29, 1.82) is 0 Å². The van der Waals surface area contributed by atoms with Crippen LogP contribution in [0, 0.1) is 6.92 Å². The standard InChI is InChI=1S/C15H11ClN2O/c1-10-3-2-4-11(7-10)15-13(9-19)18-8-12(16)5-6-14(18)17-15/h2-9H,1H3. The van der Waals surface area contributed by atoms with E-state index in [1.807, 2.05) is 31.2 Å². The molecule has 2 aromatic heterocycles. The molecule has 3 aromatic rings. The van der Waals surface area contributed by atoms with Gasteiger partial charge in [-0.2, -0.15) is 0 Å². The van der Waals surface area contributed by atoms with Crippen molar-refractivity contribution in [3.05, 3.63) is 58.9 Å². The molecule has 4 heteroatoms. The number of halogens is 1. The van der Waals surface area contributed by atoms with Crippen molar-refractivity contribution < 1.29 is 4.79 Å². The van der Waals surface area contributed by atoms with Gasteiger partial charge in [-0.15, -0.1) is 0 Å². The first-order valence-corrected chi connectivity index (χ1v) is 6.26. The van der Waals surface area contributed by atoms with Crippen molar-refractivity contribution in [2.24, 2.45) is 0 Å². The molecule has 3 rings (SSSR count). The highest BCUT2D eigenvalue weighted by Crippen LogP contribution is 2.25. The molecule has 0 aliphatic heterocycles. The van der Waals surface area contributed by atoms with E-state index in [9.17, 15) is 4.79 Å². The minimum atomic E-state index is 0.517. The van der Waals surface area contributed by atoms with Crippen LogP contribution in [0.5, 0.6) is 0 Å². The summed E-state index contributed by atoms with van der Waals surface area (Å²) in [6.45, 7) is 2.01. The smallest absolute Gasteiger partial charge is 0.169 e. The number of rotatable bonds is 2. The Kier molecular flexibility index (Phi) is 2.84. The van der Waals surface area contributed by atoms with E-state index in [4.69, 9.17) is 11.6 Å². The highest BCUT2D eigenvalue weighted by Gasteiger charge is 2.13. The zero-order valence-electron chi connectivity index (χ0n) is 10.3. The number of hydrogen-bond donors (Lipinski definition) is 0. The lowest BCUT2D eigenvalue weighted by Gasteiger charge is -2.00. The fourth-order valence-corrected chi connectivity index (χ4v) is 2.31. The molecular weight excluding hydrogens is 260 g/mol. The number of aryl methyl sites for hydroxylation is 1. The van der Waals surface area contributed by atoms with Crippen molar-refractivity contribution in [3.8, 4) is 11.3 Å². The van der Waals surface area contributed by atoms with Crippen LogP contribution in [0.1, 0.15) is 16.1 Å². The van der Waals surface area contributed by atoms with E-state index < -0.39 is 0 Å². The number of aromatic nitrogens is 2. The number of aldehydes is 1. The summed E-state index contributed by atoms with van der Waals surface area (Å²) in [5.41, 5.74) is 3.97. The summed E-state index contributed by atoms with van der Waals surface area (Å²) in [5, 5.41) is 0.573. The monoisotopic (exact) mass is 270 g/mol. The highest BCUT2D eigenvalue weighted by molar-refractivity contribution is 6.30. The number of fused-ring (bicyclic) bond motifs is 1. The molecule has 1 aromatic carbocycles. The van der Waals surface area contributed by atoms with Crippen molar-refractivity contribution in [2.45, 2.75) is 6.92 Å². The third kappa shape index (κ3) is 2.02. The summed E-state index contributed by atoms with van der Waals surface area (Å²) < 4.78 is 1.72. The van der Waals surface area contributed by atoms with Crippen LogP contribution in [0.15, 0.2) is 42.6 Å². The first-order chi connectivity index (χ1) is 9.19. The Hall–Kier alpha value is -2.13. The largest absolute Gasteiger partial charge is 0.296 e. The average Bonchev–Trinajstić information content (AvgIpc) is 2.76. The number of nitrogens with zero attached hydrogens (tertiary/aromatic N) is 2. The molecule has 0 aliphatic rings. The number of imidazole rings is 1. The van der Waals surface area contributed by atoms with Gasteiger partial charge in [0.15, 0.2) is 6.29 Å². The number of carbonyl (C=O) groups is 1. The molecule has 0 N–H and O–H groups in total. The molecule has 0 radical (unpaired) electrons. The highest BCUT2D eigenvalue weighted by atomic mass is 35.5. The van der Waals surface area contributed by atoms with Crippen LogP contribution in [-0.2, 0) is 0 Å². The third-order valence-electron chi connectivity index (χ3n) is 3.02. The molecule has 0 unspecified atom stereocenters. The summed E-state index contributed by atoms with van der Waals surface area (Å²) in [7, 11) is 0. The Morgan fingerprint density at radius 2 is 2.11 bits per heavy atom. The molecular formula is C15H11ClN2O. The zero-order chi connectivity index (χ0) is 13.4. The van der Waals surface area contributed by atoms with Gasteiger partial charge in [0.05, 0.1) is 5.02 Å². The van der Waals surface area contributed by atoms with E-state index in [0.29, 0.717) is 22.1 Å². The Labute approximate surface area is 115 Å². The second kappa shape index (κ2) is 4.52. The summed E-state index contributed by atoms with van der Waals surface area (Å²) in [6.07, 6.45) is 2.51. The molecule has 19 heavy (non-hydrogen) atoms. The van der Waals surface area contributed by atoms with Gasteiger partial charge in [0.1, 0.15) is 17.0 Å². The summed E-state index contributed by atoms with van der Waals surface area (Å²) in [6, 6.07) is 11.5. The molecule has 0 saturated heterocycles. The first kappa shape index (κ1) is 11.9. The molecule has 94 valence electrons. The van der Waals surface area contributed by atoms with Crippen LogP contribution in [0.2, 0.25) is 5.02 Å². The van der Waals surface area contributed by atoms with E-state index >= 15 is 0 Å². The lowest BCUT2D eigenvalue weighted by atomic mass is 10.1. The van der Waals surface area contributed by atoms with Crippen LogP contribution in [0.3, 0.4) is 0 Å². The number of pyridine rings is 1. The van der Waals surface area contributed by atoms with Crippen molar-refractivity contribution in [1.82, 2.24) is 9.38 Å². The Morgan fingerprint density at radius 3 is 2.84 bits per heavy atom. The molecule has 2 heterocycles. The van der Waals surface area contributed by atoms with Crippen LogP contribution >= 0.6 is 11.6 Å². The van der Waals surface area contributed by atoms with Gasteiger partial charge in [-0.3, -0.25) is 9.20 Å². The van der Waals surface area contributed by atoms with Gasteiger partial charge in [0.25, 0.3) is 0 Å². The van der Waals surface area contributed by atoms with Crippen molar-refractivity contribution in [3.63, 3.8) is 0 Å². The molecule has 0 atom stereocenters. The Morgan fingerprint density at radius 1 is 1.26 bits per heavy atom. The predicted octanol–water partition coefficient (Wildman–Crippen LogP) is 3.78. The molecule has 0 aliphatic carbocycles. The minimum absolute atomic E-state index is 0.517. The number of benzene rings is 1. The summed E-state index contributed by atoms with van der Waals surface area (Å²) in [5.74, 6) is 0. The van der Waals surface area contributed by atoms with E-state index in [0.717, 1.165) is 17.4 Å². The normalized spacial score (nSPS) is 10.8. The summed E-state index contributed by atoms with van der Waals surface area (Å²) in [4.78, 5) is 15.9. The zero-order valence-corrected chi connectivity index (χ0v) is 11.1. The van der Waals surface area contributed by atoms with Gasteiger partial charge in [-0.25, -0.2) is 4.98 Å². The molecule has 0 saturated carbocycles. The quantitative estimate of drug-likeness (QED) is 0.664. The van der Waals surface area contributed by atoms with E-state index in [-0.39, 0.29) is 0 Å². The van der Waals surface area contributed by atoms with Gasteiger partial charge in [-0.1, -0.05) is 35.4 Å². The van der Waals surface area contributed by atoms with Gasteiger partial charge < -0.3 is 0 Å². The molecule has 0 bridgehead atoms. The molecule has 0 spiro atoms. The fraction of sp³-hybridized carbons (Fsp3) is 0.0667. The fourth-order valence-electron chi connectivity index (χ4n) is 2.15. The number of carbonyl (C=O) groups excluding carboxylic acids is 1. The lowest BCUT2D eigenvalue weighted by molar-refractivity contribution is 0.111. The van der Waals surface area contributed by atoms with Crippen LogP contribution in [0.4, 0.5) is 0 Å². The van der Waals surface area contributed by atoms with Crippen molar-refractivity contribution >= 4 is 23.5 Å². The summed E-state index contributed by atoms with van der Waals surface area (Å²) >= 11 is 5.96. The van der Waals surface area contributed by atoms with Crippen LogP contribution < -0.4 is 0 Å². The minimum Gasteiger partial charge on any atom is -0.296 e. The maximum atomic E-state index is 11.4. The van der Waals surface area contributed by atoms with E-state index in [2.05, 4.69) is 4.98 Å². The van der Waals surface area contributed by atoms with E-state index in [1.165, 1.54) is 0 Å². The lowest BCUT2D eigenvalue weighted by Crippen LogP contribution is -1.92. The van der Waals surface area contributed by atoms with Crippen LogP contribution in [0.25, 0.3) is 16.9 Å². The molecule has 0 amide bonds. The SMILES string of the molecule is Cc1cccc(-c2nc3ccc(Cl)cn3c2C=O)c1. The van der Waals surface area contributed by atoms with Crippen LogP contribution in [-0.4, -0.2) is 15.7 Å². The van der Waals surface area contributed by atoms with E-state index in [1.54, 1.807) is 22.7 Å². The second-order valence-corrected chi connectivity index (χ2v) is 4.84. The number of hydrogen-bond acceptors (Lipinski definition) is 2. The first-order valence-electron chi connectivity index (χ1n) is 5.89. The average molecular weight is 271 g/mol. The van der Waals surface area contributed by atoms with Gasteiger partial charge in [-0.05, 0) is 25.1 Å². The Balaban J connectivity index is 2.32. The topological polar surface area (TPSA) is 34.4 Å². The van der Waals surface area contributed by atoms with Crippen molar-refractivity contribution in [2.75, 3.05) is 0 Å². The maximum Gasteiger partial charge on any atom is 0.169 e. The Bertz CT molecular complexity index is 777. The third-order valence-corrected chi connectivity index (χ3v) is 3.25. The molecule has 0 fully saturated rings. The maximum absolute atomic E-state index is 11.4. The van der Waals surface area contributed by atoms with Gasteiger partial charge in [0, 0.05) is 11.8 Å². The van der Waals surface area contributed by atoms with Gasteiger partial charge in [0.2, 0.25) is 0 Å². The van der Waals surface area contributed by atoms with Gasteiger partial charge >= 0.3 is 0 Å².